The predicted octanol–water partition coefficient (Wildman–Crippen LogP) is 5.91. The van der Waals surface area contributed by atoms with Gasteiger partial charge in [0.1, 0.15) is 16.5 Å². The molecule has 34 heavy (non-hydrogen) atoms. The number of hydrogen-bond acceptors (Lipinski definition) is 5. The number of carboxylic acids is 1. The Kier molecular flexibility index (Phi) is 8.82. The number of carboxylic acid groups (broad SMARTS) is 1. The number of carbonyl (C=O) groups is 3. The van der Waals surface area contributed by atoms with Gasteiger partial charge in [-0.05, 0) is 24.5 Å². The summed E-state index contributed by atoms with van der Waals surface area (Å²) >= 11 is 29.6. The lowest BCUT2D eigenvalue weighted by molar-refractivity contribution is -0.173. The number of phenolic OH excluding ortho intramolecular Hbond substituents is 2. The molecule has 0 fully saturated rings. The number of aromatic hydroxyl groups is 2. The molecule has 2 rings (SSSR count). The van der Waals surface area contributed by atoms with Gasteiger partial charge < -0.3 is 20.6 Å². The normalized spacial score (nSPS) is 11.4. The largest absolute Gasteiger partial charge is 0.506 e. The third-order valence-electron chi connectivity index (χ3n) is 4.41. The minimum absolute atomic E-state index is 0.105. The summed E-state index contributed by atoms with van der Waals surface area (Å²) in [4.78, 5) is 35.8. The van der Waals surface area contributed by atoms with Crippen molar-refractivity contribution in [3.8, 4) is 11.5 Å². The van der Waals surface area contributed by atoms with Gasteiger partial charge in [0.15, 0.2) is 5.78 Å². The van der Waals surface area contributed by atoms with Crippen molar-refractivity contribution < 1.29 is 42.9 Å². The molecule has 0 unspecified atom stereocenters. The molecule has 7 nitrogen and oxygen atoms in total. The number of rotatable bonds is 7. The first kappa shape index (κ1) is 28.1. The van der Waals surface area contributed by atoms with Gasteiger partial charge in [0.05, 0.1) is 36.8 Å². The Hall–Kier alpha value is -2.11. The van der Waals surface area contributed by atoms with Gasteiger partial charge in [0.25, 0.3) is 0 Å². The van der Waals surface area contributed by atoms with Crippen LogP contribution >= 0.6 is 58.0 Å². The molecule has 0 spiro atoms. The van der Waals surface area contributed by atoms with Crippen LogP contribution in [-0.4, -0.2) is 45.7 Å². The van der Waals surface area contributed by atoms with Crippen molar-refractivity contribution in [2.24, 2.45) is 0 Å². The number of carbonyl (C=O) groups excluding carboxylic acids is 2. The van der Waals surface area contributed by atoms with Gasteiger partial charge in [-0.15, -0.1) is 0 Å². The first-order valence-corrected chi connectivity index (χ1v) is 10.7. The molecule has 0 saturated carbocycles. The number of amides is 1. The van der Waals surface area contributed by atoms with E-state index in [-0.39, 0.29) is 18.4 Å². The van der Waals surface area contributed by atoms with Gasteiger partial charge in [0, 0.05) is 6.54 Å². The Morgan fingerprint density at radius 1 is 0.853 bits per heavy atom. The van der Waals surface area contributed by atoms with E-state index in [1.807, 2.05) is 0 Å². The molecule has 0 heterocycles. The number of benzene rings is 2. The van der Waals surface area contributed by atoms with Crippen molar-refractivity contribution in [1.29, 1.82) is 0 Å². The topological polar surface area (TPSA) is 124 Å². The number of aryl methyl sites for hydroxylation is 1. The van der Waals surface area contributed by atoms with E-state index in [0.29, 0.717) is 0 Å². The Morgan fingerprint density at radius 3 is 1.88 bits per heavy atom. The number of ketones is 1. The van der Waals surface area contributed by atoms with Crippen LogP contribution in [0.1, 0.15) is 38.3 Å². The molecule has 2 aromatic carbocycles. The summed E-state index contributed by atoms with van der Waals surface area (Å²) in [6.07, 6.45) is -5.42. The van der Waals surface area contributed by atoms with E-state index in [1.54, 1.807) is 5.32 Å². The fourth-order valence-corrected chi connectivity index (χ4v) is 4.05. The second kappa shape index (κ2) is 10.7. The van der Waals surface area contributed by atoms with Crippen molar-refractivity contribution in [3.05, 3.63) is 53.4 Å². The quantitative estimate of drug-likeness (QED) is 0.139. The van der Waals surface area contributed by atoms with Crippen LogP contribution in [0.2, 0.25) is 25.1 Å². The average molecular weight is 584 g/mol. The molecule has 0 radical (unpaired) electrons. The lowest BCUT2D eigenvalue weighted by Gasteiger charge is -2.16. The Balaban J connectivity index is 2.50. The maximum Gasteiger partial charge on any atom is 0.471 e. The van der Waals surface area contributed by atoms with E-state index in [2.05, 4.69) is 0 Å². The van der Waals surface area contributed by atoms with Gasteiger partial charge in [-0.1, -0.05) is 58.0 Å². The van der Waals surface area contributed by atoms with Crippen LogP contribution in [0.4, 0.5) is 13.2 Å². The van der Waals surface area contributed by atoms with Gasteiger partial charge in [-0.3, -0.25) is 9.59 Å². The SMILES string of the molecule is O=C(O)c1c(Cl)c(Cl)c(Cl)c(Cl)c1C(=O)c1cc(CCCNC(=O)C(F)(F)F)c(O)c(Cl)c1O. The number of phenols is 2. The van der Waals surface area contributed by atoms with Crippen molar-refractivity contribution in [2.75, 3.05) is 6.54 Å². The fraction of sp³-hybridized carbons (Fsp3) is 0.211. The first-order valence-electron chi connectivity index (χ1n) is 8.83. The predicted molar refractivity (Wildman–Crippen MR) is 119 cm³/mol. The first-order chi connectivity index (χ1) is 15.6. The van der Waals surface area contributed by atoms with Crippen molar-refractivity contribution in [1.82, 2.24) is 5.32 Å². The van der Waals surface area contributed by atoms with E-state index >= 15 is 0 Å². The lowest BCUT2D eigenvalue weighted by Crippen LogP contribution is -2.37. The Labute approximate surface area is 213 Å². The highest BCUT2D eigenvalue weighted by atomic mass is 35.5. The molecule has 4 N–H and O–H groups in total. The molecule has 184 valence electrons. The van der Waals surface area contributed by atoms with E-state index in [0.717, 1.165) is 6.07 Å². The highest BCUT2D eigenvalue weighted by Crippen LogP contribution is 2.45. The molecule has 0 saturated heterocycles. The summed E-state index contributed by atoms with van der Waals surface area (Å²) in [7, 11) is 0. The van der Waals surface area contributed by atoms with Crippen molar-refractivity contribution in [3.63, 3.8) is 0 Å². The second-order valence-electron chi connectivity index (χ2n) is 6.59. The summed E-state index contributed by atoms with van der Waals surface area (Å²) in [5.74, 6) is -6.68. The molecule has 1 amide bonds. The summed E-state index contributed by atoms with van der Waals surface area (Å²) in [6.45, 7) is -0.447. The minimum atomic E-state index is -5.08. The zero-order chi connectivity index (χ0) is 26.1. The van der Waals surface area contributed by atoms with Crippen LogP contribution in [0, 0.1) is 0 Å². The third-order valence-corrected chi connectivity index (χ3v) is 6.57. The fourth-order valence-electron chi connectivity index (χ4n) is 2.81. The van der Waals surface area contributed by atoms with Gasteiger partial charge >= 0.3 is 18.1 Å². The molecular weight excluding hydrogens is 572 g/mol. The van der Waals surface area contributed by atoms with Crippen LogP contribution < -0.4 is 5.32 Å². The highest BCUT2D eigenvalue weighted by molar-refractivity contribution is 6.54. The average Bonchev–Trinajstić information content (AvgIpc) is 2.75. The number of hydrogen-bond donors (Lipinski definition) is 4. The summed E-state index contributed by atoms with van der Waals surface area (Å²) in [6, 6.07) is 0.933. The Morgan fingerprint density at radius 2 is 1.38 bits per heavy atom. The molecule has 2 aromatic rings. The molecular formula is C19H11Cl5F3NO6. The van der Waals surface area contributed by atoms with Crippen LogP contribution in [0.5, 0.6) is 11.5 Å². The number of alkyl halides is 3. The van der Waals surface area contributed by atoms with Crippen molar-refractivity contribution in [2.45, 2.75) is 19.0 Å². The zero-order valence-corrected chi connectivity index (χ0v) is 20.1. The second-order valence-corrected chi connectivity index (χ2v) is 8.48. The monoisotopic (exact) mass is 581 g/mol. The van der Waals surface area contributed by atoms with Crippen LogP contribution in [0.15, 0.2) is 6.07 Å². The number of halogens is 8. The highest BCUT2D eigenvalue weighted by Gasteiger charge is 2.38. The van der Waals surface area contributed by atoms with Gasteiger partial charge in [0.2, 0.25) is 0 Å². The van der Waals surface area contributed by atoms with E-state index in [9.17, 15) is 42.9 Å². The summed E-state index contributed by atoms with van der Waals surface area (Å²) in [5, 5.41) is 28.9. The van der Waals surface area contributed by atoms with E-state index in [1.165, 1.54) is 0 Å². The summed E-state index contributed by atoms with van der Waals surface area (Å²) in [5.41, 5.74) is -2.26. The molecule has 0 aliphatic heterocycles. The van der Waals surface area contributed by atoms with E-state index in [4.69, 9.17) is 58.0 Å². The maximum atomic E-state index is 13.2. The molecule has 0 aliphatic carbocycles. The number of nitrogens with one attached hydrogen (secondary N) is 1. The molecule has 15 heteroatoms. The molecule has 0 atom stereocenters. The smallest absolute Gasteiger partial charge is 0.471 e. The van der Waals surface area contributed by atoms with Crippen LogP contribution in [-0.2, 0) is 11.2 Å². The van der Waals surface area contributed by atoms with Gasteiger partial charge in [-0.2, -0.15) is 13.2 Å². The van der Waals surface area contributed by atoms with Gasteiger partial charge in [-0.25, -0.2) is 4.79 Å². The van der Waals surface area contributed by atoms with E-state index < -0.39 is 83.7 Å². The Bertz CT molecular complexity index is 1200. The molecule has 0 bridgehead atoms. The number of aromatic carboxylic acids is 1. The van der Waals surface area contributed by atoms with Crippen molar-refractivity contribution >= 4 is 75.7 Å². The molecule has 0 aromatic heterocycles. The minimum Gasteiger partial charge on any atom is -0.506 e. The summed E-state index contributed by atoms with van der Waals surface area (Å²) < 4.78 is 36.8. The zero-order valence-electron chi connectivity index (χ0n) is 16.3. The van der Waals surface area contributed by atoms with Crippen LogP contribution in [0.3, 0.4) is 0 Å². The lowest BCUT2D eigenvalue weighted by atomic mass is 9.94. The third kappa shape index (κ3) is 5.58. The maximum absolute atomic E-state index is 13.2. The molecule has 0 aliphatic rings. The van der Waals surface area contributed by atoms with Crippen LogP contribution in [0.25, 0.3) is 0 Å². The standard InChI is InChI=1S/C19H11Cl5F3NO6/c20-9-7(8(17(32)33)10(21)12(23)11(9)22)15(30)6-4-5(14(29)13(24)16(6)31)2-1-3-28-18(34)19(25,26)27/h4,29,31H,1-3H2,(H,28,34)(H,32,33).